The second-order valence-electron chi connectivity index (χ2n) is 6.29. The van der Waals surface area contributed by atoms with Gasteiger partial charge >= 0.3 is 0 Å². The molecular weight excluding hydrogens is 370 g/mol. The monoisotopic (exact) mass is 393 g/mol. The number of sulfonamides is 1. The molecular formula is C15H24ClN3O3S2. The van der Waals surface area contributed by atoms with Gasteiger partial charge in [0.15, 0.2) is 0 Å². The minimum Gasteiger partial charge on any atom is -0.352 e. The minimum atomic E-state index is -3.56. The van der Waals surface area contributed by atoms with E-state index in [0.29, 0.717) is 23.2 Å². The summed E-state index contributed by atoms with van der Waals surface area (Å²) >= 11 is 1.20. The predicted octanol–water partition coefficient (Wildman–Crippen LogP) is 1.58. The van der Waals surface area contributed by atoms with E-state index in [1.54, 1.807) is 17.5 Å². The first-order valence-electron chi connectivity index (χ1n) is 8.07. The summed E-state index contributed by atoms with van der Waals surface area (Å²) < 4.78 is 27.1. The number of piperidine rings is 1. The smallest absolute Gasteiger partial charge is 0.253 e. The van der Waals surface area contributed by atoms with E-state index >= 15 is 0 Å². The van der Waals surface area contributed by atoms with Crippen LogP contribution in [0.5, 0.6) is 0 Å². The maximum absolute atomic E-state index is 12.7. The van der Waals surface area contributed by atoms with Crippen molar-refractivity contribution in [1.29, 1.82) is 0 Å². The molecule has 3 heterocycles. The fraction of sp³-hybridized carbons (Fsp3) is 0.667. The molecule has 9 heteroatoms. The number of rotatable bonds is 4. The highest BCUT2D eigenvalue weighted by Crippen LogP contribution is 2.28. The van der Waals surface area contributed by atoms with Gasteiger partial charge < -0.3 is 10.6 Å². The van der Waals surface area contributed by atoms with Crippen molar-refractivity contribution in [2.75, 3.05) is 13.1 Å². The third kappa shape index (κ3) is 4.11. The van der Waals surface area contributed by atoms with Gasteiger partial charge in [-0.3, -0.25) is 4.79 Å². The van der Waals surface area contributed by atoms with Gasteiger partial charge in [0.05, 0.1) is 0 Å². The molecule has 1 aromatic rings. The molecule has 24 heavy (non-hydrogen) atoms. The largest absolute Gasteiger partial charge is 0.352 e. The quantitative estimate of drug-likeness (QED) is 0.814. The molecule has 3 rings (SSSR count). The van der Waals surface area contributed by atoms with E-state index < -0.39 is 16.1 Å². The molecule has 2 N–H and O–H groups in total. The van der Waals surface area contributed by atoms with E-state index in [1.807, 2.05) is 0 Å². The molecule has 0 aromatic carbocycles. The lowest BCUT2D eigenvalue weighted by molar-refractivity contribution is -0.125. The van der Waals surface area contributed by atoms with E-state index in [2.05, 4.69) is 17.6 Å². The summed E-state index contributed by atoms with van der Waals surface area (Å²) in [7, 11) is -3.56. The van der Waals surface area contributed by atoms with E-state index in [4.69, 9.17) is 0 Å². The highest BCUT2D eigenvalue weighted by molar-refractivity contribution is 7.91. The number of halogens is 1. The zero-order valence-electron chi connectivity index (χ0n) is 13.6. The van der Waals surface area contributed by atoms with Crippen LogP contribution >= 0.6 is 23.7 Å². The first-order valence-corrected chi connectivity index (χ1v) is 10.4. The van der Waals surface area contributed by atoms with Crippen LogP contribution in [0.3, 0.4) is 0 Å². The lowest BCUT2D eigenvalue weighted by Crippen LogP contribution is -2.52. The molecule has 0 aliphatic carbocycles. The molecule has 136 valence electrons. The van der Waals surface area contributed by atoms with Gasteiger partial charge in [0, 0.05) is 18.6 Å². The molecule has 2 saturated heterocycles. The topological polar surface area (TPSA) is 78.5 Å². The Labute approximate surface area is 153 Å². The van der Waals surface area contributed by atoms with Crippen molar-refractivity contribution in [3.63, 3.8) is 0 Å². The lowest BCUT2D eigenvalue weighted by Gasteiger charge is -2.30. The summed E-state index contributed by atoms with van der Waals surface area (Å²) in [6.07, 6.45) is 3.10. The second-order valence-corrected chi connectivity index (χ2v) is 9.36. The summed E-state index contributed by atoms with van der Waals surface area (Å²) in [5.41, 5.74) is 0. The van der Waals surface area contributed by atoms with Gasteiger partial charge in [-0.05, 0) is 50.6 Å². The van der Waals surface area contributed by atoms with Crippen LogP contribution in [0.4, 0.5) is 0 Å². The summed E-state index contributed by atoms with van der Waals surface area (Å²) in [6.45, 7) is 3.40. The third-order valence-electron chi connectivity index (χ3n) is 4.53. The van der Waals surface area contributed by atoms with Gasteiger partial charge in [-0.15, -0.1) is 23.7 Å². The van der Waals surface area contributed by atoms with Crippen LogP contribution < -0.4 is 10.6 Å². The van der Waals surface area contributed by atoms with Crippen molar-refractivity contribution >= 4 is 39.7 Å². The number of hydrogen-bond acceptors (Lipinski definition) is 5. The number of nitrogens with zero attached hydrogens (tertiary/aromatic N) is 1. The SMILES string of the molecule is CC1CC(NC(=O)C2CCCN2S(=O)(=O)c2cccs2)CCN1.Cl. The van der Waals surface area contributed by atoms with Crippen molar-refractivity contribution in [2.24, 2.45) is 0 Å². The van der Waals surface area contributed by atoms with Crippen molar-refractivity contribution < 1.29 is 13.2 Å². The Morgan fingerprint density at radius 1 is 1.42 bits per heavy atom. The summed E-state index contributed by atoms with van der Waals surface area (Å²) in [6, 6.07) is 3.25. The van der Waals surface area contributed by atoms with Crippen molar-refractivity contribution in [3.05, 3.63) is 17.5 Å². The predicted molar refractivity (Wildman–Crippen MR) is 97.1 cm³/mol. The Kier molecular flexibility index (Phi) is 6.66. The summed E-state index contributed by atoms with van der Waals surface area (Å²) in [5, 5.41) is 8.15. The molecule has 6 nitrogen and oxygen atoms in total. The van der Waals surface area contributed by atoms with Crippen molar-refractivity contribution in [2.45, 2.75) is 54.9 Å². The van der Waals surface area contributed by atoms with Gasteiger partial charge in [0.25, 0.3) is 10.0 Å². The average molecular weight is 394 g/mol. The van der Waals surface area contributed by atoms with Crippen LogP contribution in [-0.4, -0.2) is 49.8 Å². The molecule has 0 saturated carbocycles. The zero-order chi connectivity index (χ0) is 16.4. The Balaban J connectivity index is 0.00000208. The Hall–Kier alpha value is -0.670. The Morgan fingerprint density at radius 3 is 2.88 bits per heavy atom. The Morgan fingerprint density at radius 2 is 2.21 bits per heavy atom. The van der Waals surface area contributed by atoms with Crippen LogP contribution in [0.2, 0.25) is 0 Å². The van der Waals surface area contributed by atoms with Crippen molar-refractivity contribution in [3.8, 4) is 0 Å². The molecule has 1 amide bonds. The summed E-state index contributed by atoms with van der Waals surface area (Å²) in [5.74, 6) is -0.151. The number of carbonyl (C=O) groups excluding carboxylic acids is 1. The number of hydrogen-bond donors (Lipinski definition) is 2. The molecule has 0 radical (unpaired) electrons. The fourth-order valence-corrected chi connectivity index (χ4v) is 6.15. The third-order valence-corrected chi connectivity index (χ3v) is 7.82. The average Bonchev–Trinajstić information content (AvgIpc) is 3.19. The van der Waals surface area contributed by atoms with E-state index in [9.17, 15) is 13.2 Å². The van der Waals surface area contributed by atoms with Gasteiger partial charge in [-0.25, -0.2) is 8.42 Å². The van der Waals surface area contributed by atoms with Gasteiger partial charge in [-0.1, -0.05) is 6.07 Å². The molecule has 0 spiro atoms. The molecule has 1 aromatic heterocycles. The first kappa shape index (κ1) is 19.7. The minimum absolute atomic E-state index is 0. The van der Waals surface area contributed by atoms with Crippen LogP contribution in [0.15, 0.2) is 21.7 Å². The maximum Gasteiger partial charge on any atom is 0.253 e. The van der Waals surface area contributed by atoms with Crippen LogP contribution in [0.1, 0.15) is 32.6 Å². The number of thiophene rings is 1. The molecule has 3 atom stereocenters. The standard InChI is InChI=1S/C15H23N3O3S2.ClH/c1-11-10-12(6-7-16-11)17-15(19)13-4-2-8-18(13)23(20,21)14-5-3-9-22-14;/h3,5,9,11-13,16H,2,4,6-8,10H2,1H3,(H,17,19);1H. The second kappa shape index (κ2) is 8.14. The molecule has 0 bridgehead atoms. The number of carbonyl (C=O) groups is 1. The maximum atomic E-state index is 12.7. The highest BCUT2D eigenvalue weighted by Gasteiger charge is 2.40. The zero-order valence-corrected chi connectivity index (χ0v) is 16.1. The summed E-state index contributed by atoms with van der Waals surface area (Å²) in [4.78, 5) is 12.6. The molecule has 2 aliphatic heterocycles. The van der Waals surface area contributed by atoms with Gasteiger partial charge in [-0.2, -0.15) is 4.31 Å². The number of amides is 1. The highest BCUT2D eigenvalue weighted by atomic mass is 35.5. The van der Waals surface area contributed by atoms with Crippen LogP contribution in [0.25, 0.3) is 0 Å². The molecule has 2 aliphatic rings. The normalized spacial score (nSPS) is 28.3. The van der Waals surface area contributed by atoms with E-state index in [1.165, 1.54) is 15.6 Å². The van der Waals surface area contributed by atoms with Crippen LogP contribution in [0, 0.1) is 0 Å². The fourth-order valence-electron chi connectivity index (χ4n) is 3.38. The first-order chi connectivity index (χ1) is 11.0. The lowest BCUT2D eigenvalue weighted by atomic mass is 10.0. The van der Waals surface area contributed by atoms with Gasteiger partial charge in [0.2, 0.25) is 5.91 Å². The van der Waals surface area contributed by atoms with Crippen molar-refractivity contribution in [1.82, 2.24) is 14.9 Å². The van der Waals surface area contributed by atoms with Crippen LogP contribution in [-0.2, 0) is 14.8 Å². The molecule has 3 unspecified atom stereocenters. The van der Waals surface area contributed by atoms with E-state index in [-0.39, 0.29) is 24.4 Å². The molecule has 2 fully saturated rings. The van der Waals surface area contributed by atoms with Gasteiger partial charge in [0.1, 0.15) is 10.3 Å². The number of nitrogens with one attached hydrogen (secondary N) is 2. The van der Waals surface area contributed by atoms with E-state index in [0.717, 1.165) is 25.8 Å². The Bertz CT molecular complexity index is 651.